The molecule has 0 fully saturated rings. The number of fused-ring (bicyclic) bond motifs is 1. The Morgan fingerprint density at radius 3 is 2.67 bits per heavy atom. The van der Waals surface area contributed by atoms with Gasteiger partial charge in [0.25, 0.3) is 0 Å². The predicted octanol–water partition coefficient (Wildman–Crippen LogP) is 1.60. The zero-order chi connectivity index (χ0) is 14.7. The van der Waals surface area contributed by atoms with Crippen LogP contribution in [0.5, 0.6) is 11.5 Å². The first-order valence-electron chi connectivity index (χ1n) is 6.78. The minimum Gasteiger partial charge on any atom is -0.486 e. The summed E-state index contributed by atoms with van der Waals surface area (Å²) in [5, 5.41) is 11.3. The Balaban J connectivity index is 1.70. The van der Waals surface area contributed by atoms with Crippen LogP contribution in [0.2, 0.25) is 0 Å². The molecule has 112 valence electrons. The third-order valence-electron chi connectivity index (χ3n) is 3.35. The molecule has 0 bridgehead atoms. The summed E-state index contributed by atoms with van der Waals surface area (Å²) >= 11 is 1.71. The highest BCUT2D eigenvalue weighted by Gasteiger charge is 2.15. The normalized spacial score (nSPS) is 13.4. The van der Waals surface area contributed by atoms with Gasteiger partial charge < -0.3 is 19.4 Å². The van der Waals surface area contributed by atoms with Gasteiger partial charge >= 0.3 is 0 Å². The van der Waals surface area contributed by atoms with Crippen molar-refractivity contribution in [1.29, 1.82) is 0 Å². The van der Waals surface area contributed by atoms with E-state index in [-0.39, 0.29) is 0 Å². The van der Waals surface area contributed by atoms with Crippen molar-refractivity contribution in [3.8, 4) is 11.5 Å². The number of aromatic nitrogens is 3. The van der Waals surface area contributed by atoms with Crippen molar-refractivity contribution in [2.45, 2.75) is 18.0 Å². The molecule has 0 saturated carbocycles. The van der Waals surface area contributed by atoms with Crippen LogP contribution in [0.1, 0.15) is 11.4 Å². The van der Waals surface area contributed by atoms with Crippen molar-refractivity contribution < 1.29 is 9.47 Å². The Morgan fingerprint density at radius 2 is 2.00 bits per heavy atom. The lowest BCUT2D eigenvalue weighted by Gasteiger charge is -2.20. The third-order valence-corrected chi connectivity index (χ3v) is 4.17. The maximum Gasteiger partial charge on any atom is 0.162 e. The predicted molar refractivity (Wildman–Crippen MR) is 80.8 cm³/mol. The number of thioether (sulfide) groups is 1. The lowest BCUT2D eigenvalue weighted by Crippen LogP contribution is -2.18. The van der Waals surface area contributed by atoms with Gasteiger partial charge in [-0.3, -0.25) is 0 Å². The molecule has 0 aliphatic carbocycles. The molecule has 0 saturated heterocycles. The Kier molecular flexibility index (Phi) is 4.31. The first kappa shape index (κ1) is 14.2. The average Bonchev–Trinajstić information content (AvgIpc) is 2.92. The Bertz CT molecular complexity index is 629. The molecular weight excluding hydrogens is 288 g/mol. The lowest BCUT2D eigenvalue weighted by atomic mass is 10.2. The van der Waals surface area contributed by atoms with Crippen molar-refractivity contribution in [2.24, 2.45) is 7.05 Å². The number of rotatable bonds is 5. The van der Waals surface area contributed by atoms with Crippen LogP contribution in [0.15, 0.2) is 23.4 Å². The van der Waals surface area contributed by atoms with Gasteiger partial charge in [-0.2, -0.15) is 0 Å². The van der Waals surface area contributed by atoms with E-state index in [0.717, 1.165) is 23.9 Å². The van der Waals surface area contributed by atoms with Gasteiger partial charge in [0, 0.05) is 18.5 Å². The van der Waals surface area contributed by atoms with E-state index in [1.165, 1.54) is 10.5 Å². The van der Waals surface area contributed by atoms with Gasteiger partial charge in [0.05, 0.1) is 6.54 Å². The van der Waals surface area contributed by atoms with Gasteiger partial charge in [0.15, 0.2) is 11.5 Å². The number of hydrogen-bond acceptors (Lipinski definition) is 6. The smallest absolute Gasteiger partial charge is 0.162 e. The maximum absolute atomic E-state index is 5.65. The van der Waals surface area contributed by atoms with Gasteiger partial charge in [-0.15, -0.1) is 22.0 Å². The molecule has 0 radical (unpaired) electrons. The highest BCUT2D eigenvalue weighted by molar-refractivity contribution is 7.98. The fourth-order valence-corrected chi connectivity index (χ4v) is 2.83. The van der Waals surface area contributed by atoms with E-state index in [9.17, 15) is 0 Å². The van der Waals surface area contributed by atoms with Crippen LogP contribution < -0.4 is 14.8 Å². The van der Waals surface area contributed by atoms with Crippen molar-refractivity contribution in [2.75, 3.05) is 19.5 Å². The van der Waals surface area contributed by atoms with E-state index in [4.69, 9.17) is 9.47 Å². The molecule has 1 aromatic heterocycles. The van der Waals surface area contributed by atoms with E-state index in [0.29, 0.717) is 19.8 Å². The number of benzene rings is 1. The number of aryl methyl sites for hydroxylation is 1. The van der Waals surface area contributed by atoms with E-state index in [2.05, 4.69) is 33.9 Å². The molecule has 3 rings (SSSR count). The van der Waals surface area contributed by atoms with Crippen molar-refractivity contribution in [1.82, 2.24) is 20.1 Å². The molecule has 1 aliphatic rings. The highest BCUT2D eigenvalue weighted by atomic mass is 32.2. The molecule has 21 heavy (non-hydrogen) atoms. The molecule has 2 aromatic rings. The molecule has 0 spiro atoms. The first-order chi connectivity index (χ1) is 10.3. The van der Waals surface area contributed by atoms with E-state index >= 15 is 0 Å². The topological polar surface area (TPSA) is 61.2 Å². The fraction of sp³-hybridized carbons (Fsp3) is 0.429. The van der Waals surface area contributed by atoms with Gasteiger partial charge in [0.2, 0.25) is 0 Å². The summed E-state index contributed by atoms with van der Waals surface area (Å²) in [6.45, 7) is 2.65. The molecule has 1 N–H and O–H groups in total. The Labute approximate surface area is 127 Å². The number of nitrogens with zero attached hydrogens (tertiary/aromatic N) is 3. The number of hydrogen-bond donors (Lipinski definition) is 1. The number of ether oxygens (including phenoxy) is 2. The fourth-order valence-electron chi connectivity index (χ4n) is 2.22. The van der Waals surface area contributed by atoms with Gasteiger partial charge in [-0.25, -0.2) is 0 Å². The average molecular weight is 306 g/mol. The summed E-state index contributed by atoms with van der Waals surface area (Å²) in [5.41, 5.74) is 1.20. The van der Waals surface area contributed by atoms with Crippen LogP contribution in [0.3, 0.4) is 0 Å². The molecule has 0 amide bonds. The van der Waals surface area contributed by atoms with Crippen LogP contribution in [-0.4, -0.2) is 34.2 Å². The number of nitrogens with one attached hydrogen (secondary N) is 1. The largest absolute Gasteiger partial charge is 0.486 e. The van der Waals surface area contributed by atoms with Crippen LogP contribution in [0, 0.1) is 0 Å². The SMILES string of the molecule is CSc1cc2c(cc1CNCc1nncn1C)OCCO2. The summed E-state index contributed by atoms with van der Waals surface area (Å²) in [4.78, 5) is 1.20. The van der Waals surface area contributed by atoms with Crippen LogP contribution in [0.4, 0.5) is 0 Å². The van der Waals surface area contributed by atoms with E-state index in [1.807, 2.05) is 11.6 Å². The maximum atomic E-state index is 5.65. The van der Waals surface area contributed by atoms with Crippen LogP contribution in [0.25, 0.3) is 0 Å². The van der Waals surface area contributed by atoms with Crippen LogP contribution >= 0.6 is 11.8 Å². The second-order valence-electron chi connectivity index (χ2n) is 4.77. The standard InChI is InChI=1S/C14H18N4O2S/c1-18-9-16-17-14(18)8-15-7-10-5-11-12(6-13(10)21-2)20-4-3-19-11/h5-6,9,15H,3-4,7-8H2,1-2H3. The second-order valence-corrected chi connectivity index (χ2v) is 5.62. The molecular formula is C14H18N4O2S. The van der Waals surface area contributed by atoms with Gasteiger partial charge in [0.1, 0.15) is 25.4 Å². The summed E-state index contributed by atoms with van der Waals surface area (Å²) in [6, 6.07) is 4.11. The van der Waals surface area contributed by atoms with Crippen molar-refractivity contribution in [3.63, 3.8) is 0 Å². The summed E-state index contributed by atoms with van der Waals surface area (Å²) < 4.78 is 13.2. The summed E-state index contributed by atoms with van der Waals surface area (Å²) in [7, 11) is 1.94. The minimum atomic E-state index is 0.609. The van der Waals surface area contributed by atoms with Crippen molar-refractivity contribution >= 4 is 11.8 Å². The summed E-state index contributed by atoms with van der Waals surface area (Å²) in [5.74, 6) is 2.58. The molecule has 1 aromatic carbocycles. The second kappa shape index (κ2) is 6.36. The quantitative estimate of drug-likeness (QED) is 0.847. The van der Waals surface area contributed by atoms with E-state index in [1.54, 1.807) is 18.1 Å². The molecule has 0 unspecified atom stereocenters. The van der Waals surface area contributed by atoms with Gasteiger partial charge in [-0.1, -0.05) is 0 Å². The molecule has 6 nitrogen and oxygen atoms in total. The monoisotopic (exact) mass is 306 g/mol. The third kappa shape index (κ3) is 3.14. The van der Waals surface area contributed by atoms with Gasteiger partial charge in [-0.05, 0) is 24.0 Å². The lowest BCUT2D eigenvalue weighted by molar-refractivity contribution is 0.171. The molecule has 2 heterocycles. The molecule has 7 heteroatoms. The van der Waals surface area contributed by atoms with Crippen molar-refractivity contribution in [3.05, 3.63) is 29.8 Å². The molecule has 1 aliphatic heterocycles. The summed E-state index contributed by atoms with van der Waals surface area (Å²) in [6.07, 6.45) is 3.77. The first-order valence-corrected chi connectivity index (χ1v) is 8.00. The van der Waals surface area contributed by atoms with Crippen LogP contribution in [-0.2, 0) is 20.1 Å². The minimum absolute atomic E-state index is 0.609. The zero-order valence-electron chi connectivity index (χ0n) is 12.1. The van der Waals surface area contributed by atoms with E-state index < -0.39 is 0 Å². The zero-order valence-corrected chi connectivity index (χ0v) is 12.9. The Morgan fingerprint density at radius 1 is 1.24 bits per heavy atom. The highest BCUT2D eigenvalue weighted by Crippen LogP contribution is 2.36. The Hall–Kier alpha value is -1.73. The molecule has 0 atom stereocenters.